The summed E-state index contributed by atoms with van der Waals surface area (Å²) in [7, 11) is 1.31. The highest BCUT2D eigenvalue weighted by Crippen LogP contribution is 2.27. The predicted molar refractivity (Wildman–Crippen MR) is 52.1 cm³/mol. The summed E-state index contributed by atoms with van der Waals surface area (Å²) in [6.07, 6.45) is 0. The van der Waals surface area contributed by atoms with E-state index in [4.69, 9.17) is 33.1 Å². The zero-order valence-electron chi connectivity index (χ0n) is 7.09. The largest absolute Gasteiger partial charge is 0.494 e. The third-order valence-electron chi connectivity index (χ3n) is 1.55. The second kappa shape index (κ2) is 4.48. The second-order valence-corrected chi connectivity index (χ2v) is 3.12. The van der Waals surface area contributed by atoms with E-state index in [1.165, 1.54) is 13.2 Å². The fourth-order valence-electron chi connectivity index (χ4n) is 0.898. The summed E-state index contributed by atoms with van der Waals surface area (Å²) in [4.78, 5) is 0. The van der Waals surface area contributed by atoms with E-state index in [1.54, 1.807) is 0 Å². The summed E-state index contributed by atoms with van der Waals surface area (Å²) in [6.45, 7) is 0. The van der Waals surface area contributed by atoms with E-state index in [2.05, 4.69) is 5.16 Å². The van der Waals surface area contributed by atoms with E-state index in [-0.39, 0.29) is 21.5 Å². The highest BCUT2D eigenvalue weighted by atomic mass is 35.5. The van der Waals surface area contributed by atoms with Crippen molar-refractivity contribution in [2.75, 3.05) is 7.11 Å². The molecular weight excluding hydrogens is 232 g/mol. The Morgan fingerprint density at radius 3 is 2.71 bits per heavy atom. The normalized spacial score (nSPS) is 11.6. The minimum atomic E-state index is -0.608. The minimum absolute atomic E-state index is 0.0220. The number of nitrogens with zero attached hydrogens (tertiary/aromatic N) is 1. The summed E-state index contributed by atoms with van der Waals surface area (Å²) in [5, 5.41) is 11.0. The summed E-state index contributed by atoms with van der Waals surface area (Å²) in [5.74, 6) is -0.630. The Morgan fingerprint density at radius 1 is 1.57 bits per heavy atom. The van der Waals surface area contributed by atoms with Crippen LogP contribution in [0.3, 0.4) is 0 Å². The number of rotatable bonds is 2. The average molecular weight is 238 g/mol. The van der Waals surface area contributed by atoms with Gasteiger partial charge in [0.2, 0.25) is 0 Å². The highest BCUT2D eigenvalue weighted by Gasteiger charge is 2.12. The molecule has 1 aromatic rings. The Labute approximate surface area is 89.7 Å². The first-order valence-electron chi connectivity index (χ1n) is 3.51. The molecule has 3 nitrogen and oxygen atoms in total. The number of hydrogen-bond acceptors (Lipinski definition) is 3. The quantitative estimate of drug-likeness (QED) is 0.489. The fraction of sp³-hybridized carbons (Fsp3) is 0.125. The zero-order valence-corrected chi connectivity index (χ0v) is 8.60. The zero-order chi connectivity index (χ0) is 10.7. The van der Waals surface area contributed by atoms with Crippen molar-refractivity contribution in [2.24, 2.45) is 5.16 Å². The molecule has 76 valence electrons. The topological polar surface area (TPSA) is 41.8 Å². The van der Waals surface area contributed by atoms with Crippen molar-refractivity contribution in [3.63, 3.8) is 0 Å². The van der Waals surface area contributed by atoms with Gasteiger partial charge < -0.3 is 9.94 Å². The number of methoxy groups -OCH3 is 1. The van der Waals surface area contributed by atoms with E-state index < -0.39 is 5.82 Å². The molecule has 0 aromatic heterocycles. The summed E-state index contributed by atoms with van der Waals surface area (Å²) < 4.78 is 17.7. The van der Waals surface area contributed by atoms with Gasteiger partial charge in [-0.15, -0.1) is 0 Å². The average Bonchev–Trinajstić information content (AvgIpc) is 2.17. The molecule has 0 amide bonds. The summed E-state index contributed by atoms with van der Waals surface area (Å²) in [6, 6.07) is 2.28. The van der Waals surface area contributed by atoms with Crippen molar-refractivity contribution in [3.8, 4) is 5.75 Å². The van der Waals surface area contributed by atoms with E-state index in [0.29, 0.717) is 0 Å². The van der Waals surface area contributed by atoms with Crippen LogP contribution in [0.25, 0.3) is 0 Å². The number of benzene rings is 1. The molecule has 0 aliphatic heterocycles. The van der Waals surface area contributed by atoms with Crippen molar-refractivity contribution < 1.29 is 14.3 Å². The third kappa shape index (κ3) is 2.08. The van der Waals surface area contributed by atoms with E-state index in [9.17, 15) is 4.39 Å². The first-order valence-corrected chi connectivity index (χ1v) is 4.26. The molecule has 14 heavy (non-hydrogen) atoms. The third-order valence-corrected chi connectivity index (χ3v) is 2.14. The standard InChI is InChI=1S/C8H6Cl2FNO2/c1-14-7-2-4(8(10)12-13)5(9)3-6(7)11/h2-3,13H,1H3. The lowest BCUT2D eigenvalue weighted by Gasteiger charge is -2.05. The maximum atomic E-state index is 13.0. The predicted octanol–water partition coefficient (Wildman–Crippen LogP) is 2.86. The van der Waals surface area contributed by atoms with Crippen molar-refractivity contribution in [1.82, 2.24) is 0 Å². The van der Waals surface area contributed by atoms with Crippen LogP contribution in [0, 0.1) is 5.82 Å². The van der Waals surface area contributed by atoms with Crippen LogP contribution in [0.2, 0.25) is 5.02 Å². The summed E-state index contributed by atoms with van der Waals surface area (Å²) in [5.41, 5.74) is 0.203. The van der Waals surface area contributed by atoms with Crippen LogP contribution in [-0.4, -0.2) is 17.5 Å². The Hall–Kier alpha value is -1.00. The monoisotopic (exact) mass is 237 g/mol. The van der Waals surface area contributed by atoms with Crippen LogP contribution in [0.1, 0.15) is 5.56 Å². The lowest BCUT2D eigenvalue weighted by atomic mass is 10.2. The van der Waals surface area contributed by atoms with Crippen molar-refractivity contribution in [2.45, 2.75) is 0 Å². The van der Waals surface area contributed by atoms with E-state index in [1.807, 2.05) is 0 Å². The van der Waals surface area contributed by atoms with Crippen LogP contribution < -0.4 is 4.74 Å². The maximum absolute atomic E-state index is 13.0. The van der Waals surface area contributed by atoms with Gasteiger partial charge in [0.1, 0.15) is 0 Å². The molecule has 0 fully saturated rings. The molecule has 0 saturated heterocycles. The lowest BCUT2D eigenvalue weighted by molar-refractivity contribution is 0.320. The van der Waals surface area contributed by atoms with Crippen LogP contribution >= 0.6 is 23.2 Å². The van der Waals surface area contributed by atoms with Gasteiger partial charge in [-0.2, -0.15) is 0 Å². The highest BCUT2D eigenvalue weighted by molar-refractivity contribution is 6.70. The molecule has 0 bridgehead atoms. The molecule has 6 heteroatoms. The lowest BCUT2D eigenvalue weighted by Crippen LogP contribution is -1.96. The van der Waals surface area contributed by atoms with E-state index in [0.717, 1.165) is 6.07 Å². The summed E-state index contributed by atoms with van der Waals surface area (Å²) >= 11 is 11.2. The van der Waals surface area contributed by atoms with Gasteiger partial charge in [-0.1, -0.05) is 28.4 Å². The molecule has 0 spiro atoms. The molecular formula is C8H6Cl2FNO2. The molecule has 0 heterocycles. The van der Waals surface area contributed by atoms with Crippen LogP contribution in [0.4, 0.5) is 4.39 Å². The first-order chi connectivity index (χ1) is 6.60. The second-order valence-electron chi connectivity index (χ2n) is 2.36. The van der Waals surface area contributed by atoms with Gasteiger partial charge in [-0.3, -0.25) is 0 Å². The van der Waals surface area contributed by atoms with Gasteiger partial charge in [0.05, 0.1) is 12.1 Å². The van der Waals surface area contributed by atoms with Gasteiger partial charge in [-0.05, 0) is 12.1 Å². The van der Waals surface area contributed by atoms with Crippen molar-refractivity contribution >= 4 is 28.4 Å². The molecule has 1 N–H and O–H groups in total. The molecule has 1 rings (SSSR count). The van der Waals surface area contributed by atoms with Crippen LogP contribution in [0.5, 0.6) is 5.75 Å². The number of halogens is 3. The number of ether oxygens (including phenoxy) is 1. The Morgan fingerprint density at radius 2 is 2.21 bits per heavy atom. The number of hydrogen-bond donors (Lipinski definition) is 1. The van der Waals surface area contributed by atoms with Gasteiger partial charge in [0, 0.05) is 5.56 Å². The molecule has 1 aromatic carbocycles. The Bertz CT molecular complexity index is 382. The molecule has 0 saturated carbocycles. The molecule has 0 aliphatic carbocycles. The molecule has 0 aliphatic rings. The van der Waals surface area contributed by atoms with Crippen molar-refractivity contribution in [1.29, 1.82) is 0 Å². The SMILES string of the molecule is COc1cc(C(Cl)=NO)c(Cl)cc1F. The Kier molecular flexibility index (Phi) is 3.55. The van der Waals surface area contributed by atoms with Gasteiger partial charge >= 0.3 is 0 Å². The van der Waals surface area contributed by atoms with Gasteiger partial charge in [0.15, 0.2) is 16.7 Å². The van der Waals surface area contributed by atoms with Crippen LogP contribution in [0.15, 0.2) is 17.3 Å². The smallest absolute Gasteiger partial charge is 0.176 e. The molecule has 0 radical (unpaired) electrons. The van der Waals surface area contributed by atoms with Crippen molar-refractivity contribution in [3.05, 3.63) is 28.5 Å². The van der Waals surface area contributed by atoms with Crippen LogP contribution in [-0.2, 0) is 0 Å². The number of oxime groups is 1. The van der Waals surface area contributed by atoms with E-state index >= 15 is 0 Å². The minimum Gasteiger partial charge on any atom is -0.494 e. The van der Waals surface area contributed by atoms with Gasteiger partial charge in [-0.25, -0.2) is 4.39 Å². The fourth-order valence-corrected chi connectivity index (χ4v) is 1.34. The first kappa shape index (κ1) is 11.1. The molecule has 0 unspecified atom stereocenters. The van der Waals surface area contributed by atoms with Gasteiger partial charge in [0.25, 0.3) is 0 Å². The molecule has 0 atom stereocenters. The maximum Gasteiger partial charge on any atom is 0.176 e. The Balaban J connectivity index is 3.31.